The molecule has 0 spiro atoms. The summed E-state index contributed by atoms with van der Waals surface area (Å²) >= 11 is 0. The summed E-state index contributed by atoms with van der Waals surface area (Å²) in [7, 11) is 5.68. The molecule has 2 rings (SSSR count). The van der Waals surface area contributed by atoms with Gasteiger partial charge in [-0.15, -0.1) is 0 Å². The molecule has 0 fully saturated rings. The van der Waals surface area contributed by atoms with Crippen LogP contribution in [0.15, 0.2) is 76.1 Å². The summed E-state index contributed by atoms with van der Waals surface area (Å²) in [5.74, 6) is 0.737. The van der Waals surface area contributed by atoms with Crippen molar-refractivity contribution in [2.75, 3.05) is 34.2 Å². The summed E-state index contributed by atoms with van der Waals surface area (Å²) in [6.45, 7) is 7.44. The van der Waals surface area contributed by atoms with E-state index in [-0.39, 0.29) is 0 Å². The van der Waals surface area contributed by atoms with Gasteiger partial charge in [0.25, 0.3) is 0 Å². The maximum Gasteiger partial charge on any atom is 0.416 e. The zero-order valence-electron chi connectivity index (χ0n) is 19.9. The number of allylic oxidation sites excluding steroid dienone is 3. The van der Waals surface area contributed by atoms with Crippen molar-refractivity contribution in [1.82, 2.24) is 9.80 Å². The molecule has 0 saturated heterocycles. The van der Waals surface area contributed by atoms with Crippen molar-refractivity contribution < 1.29 is 13.2 Å². The zero-order chi connectivity index (χ0) is 24.4. The minimum absolute atomic E-state index is 0.452. The van der Waals surface area contributed by atoms with E-state index in [4.69, 9.17) is 0 Å². The minimum atomic E-state index is -4.41. The van der Waals surface area contributed by atoms with Crippen molar-refractivity contribution >= 4 is 18.0 Å². The van der Waals surface area contributed by atoms with Gasteiger partial charge in [0.05, 0.1) is 12.1 Å². The van der Waals surface area contributed by atoms with Crippen molar-refractivity contribution in [3.8, 4) is 0 Å². The molecule has 1 aliphatic heterocycles. The Bertz CT molecular complexity index is 966. The standard InChI is InChI=1S/C26H33F3N4/c1-6-10-24(22-11-9-12-23(17-22)26(27,28)29)20(2)33(25-13-7-8-15-31-25)19-21(18-30-3)14-16-32(4)5/h9-15,17-18H,2,6-8,16,19H2,1,3-5H3/b21-14+,24-10-,30-18?. The first-order valence-corrected chi connectivity index (χ1v) is 11.0. The number of likely N-dealkylation sites (N-methyl/N-ethyl adjacent to an activating group) is 1. The van der Waals surface area contributed by atoms with Gasteiger partial charge in [0.1, 0.15) is 5.82 Å². The lowest BCUT2D eigenvalue weighted by atomic mass is 9.98. The molecule has 0 bridgehead atoms. The number of rotatable bonds is 10. The Morgan fingerprint density at radius 3 is 2.55 bits per heavy atom. The molecule has 0 N–H and O–H groups in total. The summed E-state index contributed by atoms with van der Waals surface area (Å²) in [5, 5.41) is 0. The van der Waals surface area contributed by atoms with Gasteiger partial charge < -0.3 is 9.80 Å². The van der Waals surface area contributed by atoms with Crippen LogP contribution in [0.4, 0.5) is 13.2 Å². The van der Waals surface area contributed by atoms with E-state index in [9.17, 15) is 13.2 Å². The second kappa shape index (κ2) is 12.3. The van der Waals surface area contributed by atoms with E-state index in [1.54, 1.807) is 19.3 Å². The zero-order valence-corrected chi connectivity index (χ0v) is 19.9. The molecule has 1 aliphatic rings. The van der Waals surface area contributed by atoms with E-state index in [0.717, 1.165) is 36.8 Å². The van der Waals surface area contributed by atoms with Crippen LogP contribution in [0, 0.1) is 0 Å². The summed E-state index contributed by atoms with van der Waals surface area (Å²) in [5.41, 5.74) is 2.02. The lowest BCUT2D eigenvalue weighted by Gasteiger charge is -2.30. The molecule has 7 heteroatoms. The van der Waals surface area contributed by atoms with Gasteiger partial charge in [-0.3, -0.25) is 4.99 Å². The predicted octanol–water partition coefficient (Wildman–Crippen LogP) is 6.21. The molecule has 0 atom stereocenters. The molecule has 4 nitrogen and oxygen atoms in total. The van der Waals surface area contributed by atoms with Gasteiger partial charge in [0.15, 0.2) is 0 Å². The maximum absolute atomic E-state index is 13.4. The summed E-state index contributed by atoms with van der Waals surface area (Å²) in [6, 6.07) is 5.39. The van der Waals surface area contributed by atoms with Crippen LogP contribution in [-0.4, -0.2) is 56.5 Å². The highest BCUT2D eigenvalue weighted by atomic mass is 19.4. The van der Waals surface area contributed by atoms with Gasteiger partial charge in [0.2, 0.25) is 0 Å². The number of benzene rings is 1. The Balaban J connectivity index is 2.51. The number of halogens is 3. The second-order valence-electron chi connectivity index (χ2n) is 8.02. The predicted molar refractivity (Wildman–Crippen MR) is 132 cm³/mol. The lowest BCUT2D eigenvalue weighted by Crippen LogP contribution is -2.26. The van der Waals surface area contributed by atoms with Crippen molar-refractivity contribution in [1.29, 1.82) is 0 Å². The third-order valence-corrected chi connectivity index (χ3v) is 5.02. The van der Waals surface area contributed by atoms with E-state index in [1.807, 2.05) is 49.2 Å². The van der Waals surface area contributed by atoms with Crippen LogP contribution in [0.3, 0.4) is 0 Å². The summed E-state index contributed by atoms with van der Waals surface area (Å²) < 4.78 is 40.1. The highest BCUT2D eigenvalue weighted by molar-refractivity contribution is 5.81. The first-order valence-electron chi connectivity index (χ1n) is 11.0. The van der Waals surface area contributed by atoms with Gasteiger partial charge in [0, 0.05) is 37.3 Å². The van der Waals surface area contributed by atoms with E-state index >= 15 is 0 Å². The molecule has 33 heavy (non-hydrogen) atoms. The molecule has 0 radical (unpaired) electrons. The molecular formula is C26H33F3N4. The third-order valence-electron chi connectivity index (χ3n) is 5.02. The van der Waals surface area contributed by atoms with E-state index in [0.29, 0.717) is 29.8 Å². The highest BCUT2D eigenvalue weighted by Crippen LogP contribution is 2.34. The average Bonchev–Trinajstić information content (AvgIpc) is 2.79. The van der Waals surface area contributed by atoms with E-state index < -0.39 is 11.7 Å². The number of nitrogens with zero attached hydrogens (tertiary/aromatic N) is 4. The summed E-state index contributed by atoms with van der Waals surface area (Å²) in [6.07, 6.45) is 7.62. The molecule has 1 aromatic rings. The molecule has 0 aliphatic carbocycles. The monoisotopic (exact) mass is 458 g/mol. The second-order valence-corrected chi connectivity index (χ2v) is 8.02. The number of hydrogen-bond acceptors (Lipinski definition) is 4. The maximum atomic E-state index is 13.4. The van der Waals surface area contributed by atoms with Crippen LogP contribution in [-0.2, 0) is 6.18 Å². The van der Waals surface area contributed by atoms with Crippen molar-refractivity contribution in [2.24, 2.45) is 9.98 Å². The molecule has 0 unspecified atom stereocenters. The molecule has 178 valence electrons. The highest BCUT2D eigenvalue weighted by Gasteiger charge is 2.31. The van der Waals surface area contributed by atoms with Gasteiger partial charge in [-0.25, -0.2) is 4.99 Å². The average molecular weight is 459 g/mol. The number of aliphatic imine (C=N–C) groups is 2. The van der Waals surface area contributed by atoms with Crippen LogP contribution in [0.1, 0.15) is 37.3 Å². The van der Waals surface area contributed by atoms with Crippen molar-refractivity contribution in [3.63, 3.8) is 0 Å². The Labute approximate surface area is 195 Å². The van der Waals surface area contributed by atoms with Gasteiger partial charge in [-0.1, -0.05) is 37.8 Å². The fourth-order valence-corrected chi connectivity index (χ4v) is 3.41. The van der Waals surface area contributed by atoms with Crippen LogP contribution in [0.2, 0.25) is 0 Å². The fourth-order valence-electron chi connectivity index (χ4n) is 3.41. The quantitative estimate of drug-likeness (QED) is 0.308. The van der Waals surface area contributed by atoms with Gasteiger partial charge in [-0.05, 0) is 62.7 Å². The molecular weight excluding hydrogens is 425 g/mol. The smallest absolute Gasteiger partial charge is 0.322 e. The van der Waals surface area contributed by atoms with Crippen LogP contribution in [0.25, 0.3) is 5.57 Å². The Hall–Kier alpha value is -2.93. The van der Waals surface area contributed by atoms with E-state index in [2.05, 4.69) is 22.6 Å². The largest absolute Gasteiger partial charge is 0.416 e. The van der Waals surface area contributed by atoms with Crippen molar-refractivity contribution in [3.05, 3.63) is 77.3 Å². The molecule has 1 aromatic carbocycles. The van der Waals surface area contributed by atoms with Crippen molar-refractivity contribution in [2.45, 2.75) is 32.4 Å². The minimum Gasteiger partial charge on any atom is -0.322 e. The first kappa shape index (κ1) is 26.3. The molecule has 0 aromatic heterocycles. The van der Waals surface area contributed by atoms with Gasteiger partial charge in [-0.2, -0.15) is 13.2 Å². The van der Waals surface area contributed by atoms with Crippen LogP contribution >= 0.6 is 0 Å². The molecule has 0 saturated carbocycles. The normalized spacial score (nSPS) is 15.3. The third kappa shape index (κ3) is 7.86. The lowest BCUT2D eigenvalue weighted by molar-refractivity contribution is -0.137. The van der Waals surface area contributed by atoms with Crippen LogP contribution < -0.4 is 0 Å². The molecule has 0 amide bonds. The number of hydrogen-bond donors (Lipinski definition) is 0. The Morgan fingerprint density at radius 1 is 1.21 bits per heavy atom. The van der Waals surface area contributed by atoms with E-state index in [1.165, 1.54) is 12.1 Å². The fraction of sp³-hybridized carbons (Fsp3) is 0.385. The SMILES string of the molecule is C=C(/C(=C/CC)c1cccc(C(F)(F)F)c1)N(C/C(C=NC)=C/CN(C)C)C1=CCCC=N1. The van der Waals surface area contributed by atoms with Gasteiger partial charge >= 0.3 is 6.18 Å². The Morgan fingerprint density at radius 2 is 1.97 bits per heavy atom. The summed E-state index contributed by atoms with van der Waals surface area (Å²) in [4.78, 5) is 12.8. The first-order chi connectivity index (χ1) is 15.7. The topological polar surface area (TPSA) is 31.2 Å². The molecule has 1 heterocycles. The number of alkyl halides is 3. The van der Waals surface area contributed by atoms with Crippen LogP contribution in [0.5, 0.6) is 0 Å². The Kier molecular flexibility index (Phi) is 9.85.